The van der Waals surface area contributed by atoms with Crippen molar-refractivity contribution >= 4 is 52.8 Å². The van der Waals surface area contributed by atoms with Gasteiger partial charge in [0.15, 0.2) is 0 Å². The average Bonchev–Trinajstić information content (AvgIpc) is 2.95. The minimum absolute atomic E-state index is 0.0117. The Bertz CT molecular complexity index is 1080. The van der Waals surface area contributed by atoms with Crippen LogP contribution in [0.25, 0.3) is 0 Å². The molecule has 0 bridgehead atoms. The number of Topliss-reactive ketones (excluding diaryl/α,β-unsaturated/α-hetero) is 1. The number of carbonyl (C=O) groups is 5. The summed E-state index contributed by atoms with van der Waals surface area (Å²) < 4.78 is 0. The zero-order valence-corrected chi connectivity index (χ0v) is 27.1. The minimum Gasteiger partial charge on any atom is -0.481 e. The van der Waals surface area contributed by atoms with Gasteiger partial charge in [0.25, 0.3) is 0 Å². The van der Waals surface area contributed by atoms with Gasteiger partial charge in [-0.05, 0) is 89.7 Å². The number of hydrogen-bond donors (Lipinski definition) is 6. The van der Waals surface area contributed by atoms with E-state index in [1.165, 1.54) is 11.8 Å². The van der Waals surface area contributed by atoms with Crippen molar-refractivity contribution in [2.75, 3.05) is 44.5 Å². The van der Waals surface area contributed by atoms with Gasteiger partial charge in [0.05, 0.1) is 11.7 Å². The first kappa shape index (κ1) is 38.6. The highest BCUT2D eigenvalue weighted by molar-refractivity contribution is 7.99. The lowest BCUT2D eigenvalue weighted by Gasteiger charge is -2.19. The molecule has 0 aliphatic heterocycles. The summed E-state index contributed by atoms with van der Waals surface area (Å²) in [5.74, 6) is -2.29. The Hall–Kier alpha value is -3.45. The van der Waals surface area contributed by atoms with E-state index < -0.39 is 11.9 Å². The van der Waals surface area contributed by atoms with Crippen molar-refractivity contribution in [3.63, 3.8) is 0 Å². The summed E-state index contributed by atoms with van der Waals surface area (Å²) in [7, 11) is 4.02. The second-order valence-corrected chi connectivity index (χ2v) is 12.1. The summed E-state index contributed by atoms with van der Waals surface area (Å²) in [6.07, 6.45) is 6.60. The number of ketones is 1. The largest absolute Gasteiger partial charge is 0.481 e. The van der Waals surface area contributed by atoms with Gasteiger partial charge in [0, 0.05) is 49.5 Å². The average molecular weight is 635 g/mol. The number of anilines is 1. The number of nitrogens with zero attached hydrogens (tertiary/aromatic N) is 1. The number of rotatable bonds is 24. The van der Waals surface area contributed by atoms with E-state index >= 15 is 0 Å². The van der Waals surface area contributed by atoms with Crippen molar-refractivity contribution in [2.45, 2.75) is 76.7 Å². The number of thioether (sulfide) groups is 1. The molecule has 0 radical (unpaired) electrons. The van der Waals surface area contributed by atoms with E-state index in [0.29, 0.717) is 55.7 Å². The molecule has 44 heavy (non-hydrogen) atoms. The lowest BCUT2D eigenvalue weighted by molar-refractivity contribution is -0.144. The molecule has 0 saturated carbocycles. The van der Waals surface area contributed by atoms with Gasteiger partial charge >= 0.3 is 5.97 Å². The fourth-order valence-electron chi connectivity index (χ4n) is 4.58. The first-order chi connectivity index (χ1) is 20.9. The van der Waals surface area contributed by atoms with Crippen molar-refractivity contribution in [2.24, 2.45) is 11.7 Å². The van der Waals surface area contributed by atoms with Gasteiger partial charge in [-0.3, -0.25) is 29.4 Å². The van der Waals surface area contributed by atoms with Gasteiger partial charge in [-0.1, -0.05) is 6.42 Å². The van der Waals surface area contributed by atoms with Crippen LogP contribution in [0.15, 0.2) is 24.3 Å². The lowest BCUT2D eigenvalue weighted by Crippen LogP contribution is -2.36. The second kappa shape index (κ2) is 22.1. The van der Waals surface area contributed by atoms with Crippen LogP contribution in [-0.2, 0) is 24.0 Å². The Kier molecular flexibility index (Phi) is 19.4. The topological polar surface area (TPSA) is 195 Å². The molecule has 7 N–H and O–H groups in total. The van der Waals surface area contributed by atoms with Crippen LogP contribution in [-0.4, -0.2) is 90.6 Å². The smallest absolute Gasteiger partial charge is 0.306 e. The minimum atomic E-state index is -1.05. The molecule has 246 valence electrons. The van der Waals surface area contributed by atoms with Crippen molar-refractivity contribution in [3.8, 4) is 0 Å². The molecule has 13 heteroatoms. The summed E-state index contributed by atoms with van der Waals surface area (Å²) in [5.41, 5.74) is 6.45. The van der Waals surface area contributed by atoms with E-state index in [1.54, 1.807) is 24.3 Å². The number of aliphatic carboxylic acids is 1. The third kappa shape index (κ3) is 18.3. The molecule has 1 rings (SSSR count). The summed E-state index contributed by atoms with van der Waals surface area (Å²) in [5, 5.41) is 25.6. The van der Waals surface area contributed by atoms with E-state index in [4.69, 9.17) is 11.1 Å². The predicted octanol–water partition coefficient (Wildman–Crippen LogP) is 3.00. The quantitative estimate of drug-likeness (QED) is 0.0563. The molecule has 1 aromatic carbocycles. The molecule has 12 nitrogen and oxygen atoms in total. The van der Waals surface area contributed by atoms with Gasteiger partial charge in [-0.25, -0.2) is 0 Å². The molecule has 0 fully saturated rings. The number of benzene rings is 1. The van der Waals surface area contributed by atoms with Gasteiger partial charge in [-0.2, -0.15) is 11.8 Å². The molecule has 0 heterocycles. The number of amidine groups is 1. The third-order valence-electron chi connectivity index (χ3n) is 6.99. The Morgan fingerprint density at radius 1 is 0.909 bits per heavy atom. The number of carboxylic acid groups (broad SMARTS) is 1. The van der Waals surface area contributed by atoms with Crippen LogP contribution >= 0.6 is 11.8 Å². The Balaban J connectivity index is 2.30. The monoisotopic (exact) mass is 634 g/mol. The van der Waals surface area contributed by atoms with E-state index in [2.05, 4.69) is 20.9 Å². The molecule has 2 atom stereocenters. The number of amides is 3. The Morgan fingerprint density at radius 3 is 2.20 bits per heavy atom. The summed E-state index contributed by atoms with van der Waals surface area (Å²) in [6.45, 7) is 1.35. The van der Waals surface area contributed by atoms with E-state index in [9.17, 15) is 29.1 Å². The summed E-state index contributed by atoms with van der Waals surface area (Å²) in [6, 6.07) is 6.47. The molecule has 0 aromatic heterocycles. The molecule has 0 spiro atoms. The summed E-state index contributed by atoms with van der Waals surface area (Å²) >= 11 is 1.48. The molecule has 0 aliphatic carbocycles. The maximum absolute atomic E-state index is 12.4. The number of carbonyl (C=O) groups excluding carboxylic acids is 4. The maximum Gasteiger partial charge on any atom is 0.306 e. The normalized spacial score (nSPS) is 12.3. The van der Waals surface area contributed by atoms with Crippen LogP contribution in [0.3, 0.4) is 0 Å². The van der Waals surface area contributed by atoms with Gasteiger partial charge < -0.3 is 31.7 Å². The highest BCUT2D eigenvalue weighted by Crippen LogP contribution is 2.16. The van der Waals surface area contributed by atoms with E-state index in [-0.39, 0.29) is 54.6 Å². The zero-order chi connectivity index (χ0) is 32.9. The van der Waals surface area contributed by atoms with Crippen LogP contribution < -0.4 is 21.7 Å². The first-order valence-corrected chi connectivity index (χ1v) is 16.5. The fraction of sp³-hybridized carbons (Fsp3) is 0.613. The Labute approximate surface area is 265 Å². The number of hydrogen-bond acceptors (Lipinski definition) is 8. The molecule has 1 aromatic rings. The van der Waals surface area contributed by atoms with Crippen LogP contribution in [0, 0.1) is 11.3 Å². The number of carboxylic acids is 1. The molecular formula is C31H50N6O6S. The molecule has 0 saturated heterocycles. The SMILES string of the molecule is CSCC(=O)NC(CCCC(=O)NCCCCC(CC(=O)CCC(=O)Nc1ccc(C(=N)N)cc1)C(=O)O)CCCN(C)C. The Morgan fingerprint density at radius 2 is 1.59 bits per heavy atom. The van der Waals surface area contributed by atoms with Crippen LogP contribution in [0.4, 0.5) is 5.69 Å². The predicted molar refractivity (Wildman–Crippen MR) is 175 cm³/mol. The second-order valence-electron chi connectivity index (χ2n) is 11.2. The number of nitrogens with one attached hydrogen (secondary N) is 4. The summed E-state index contributed by atoms with van der Waals surface area (Å²) in [4.78, 5) is 62.7. The highest BCUT2D eigenvalue weighted by atomic mass is 32.2. The van der Waals surface area contributed by atoms with Gasteiger partial charge in [-0.15, -0.1) is 0 Å². The lowest BCUT2D eigenvalue weighted by atomic mass is 9.94. The van der Waals surface area contributed by atoms with Crippen LogP contribution in [0.2, 0.25) is 0 Å². The van der Waals surface area contributed by atoms with Gasteiger partial charge in [0.1, 0.15) is 11.6 Å². The van der Waals surface area contributed by atoms with Crippen LogP contribution in [0.1, 0.15) is 76.2 Å². The number of nitrogens with two attached hydrogens (primary N) is 1. The third-order valence-corrected chi connectivity index (χ3v) is 7.54. The highest BCUT2D eigenvalue weighted by Gasteiger charge is 2.21. The molecule has 0 aliphatic rings. The van der Waals surface area contributed by atoms with Crippen molar-refractivity contribution in [3.05, 3.63) is 29.8 Å². The standard InChI is InChI=1S/C31H50N6O6S/c1-37(2)19-7-10-24(36-29(41)21-44-3)9-6-11-27(39)34-18-5-4-8-23(31(42)43)20-26(38)16-17-28(40)35-25-14-12-22(13-15-25)30(32)33/h12-15,23-24H,4-11,16-21H2,1-3H3,(H3,32,33)(H,34,39)(H,35,40)(H,36,41)(H,42,43). The maximum atomic E-state index is 12.4. The van der Waals surface area contributed by atoms with Crippen LogP contribution in [0.5, 0.6) is 0 Å². The van der Waals surface area contributed by atoms with E-state index in [0.717, 1.165) is 25.8 Å². The van der Waals surface area contributed by atoms with E-state index in [1.807, 2.05) is 20.4 Å². The van der Waals surface area contributed by atoms with Crippen molar-refractivity contribution in [1.29, 1.82) is 5.41 Å². The number of nitrogen functional groups attached to an aromatic ring is 1. The molecule has 2 unspecified atom stereocenters. The first-order valence-electron chi connectivity index (χ1n) is 15.1. The van der Waals surface area contributed by atoms with Crippen molar-refractivity contribution < 1.29 is 29.1 Å². The van der Waals surface area contributed by atoms with Crippen molar-refractivity contribution in [1.82, 2.24) is 15.5 Å². The van der Waals surface area contributed by atoms with Gasteiger partial charge in [0.2, 0.25) is 17.7 Å². The number of unbranched alkanes of at least 4 members (excludes halogenated alkanes) is 1. The fourth-order valence-corrected chi connectivity index (χ4v) is 4.93. The zero-order valence-electron chi connectivity index (χ0n) is 26.3. The molecule has 3 amide bonds. The molecular weight excluding hydrogens is 584 g/mol.